The Balaban J connectivity index is 1.69. The fourth-order valence-corrected chi connectivity index (χ4v) is 2.72. The highest BCUT2D eigenvalue weighted by Crippen LogP contribution is 2.23. The standard InChI is InChI=1S/C20H16FN3O6/c1-11-15(8-12-7-14(29-2)4-6-17(12)22-11)20(26)30-10-19(25)23-13-3-5-16(21)18(9-13)24(27)28/h3-9H,10H2,1-2H3,(H,23,25). The third-order valence-electron chi connectivity index (χ3n) is 4.19. The molecule has 0 radical (unpaired) electrons. The van der Waals surface area contributed by atoms with E-state index in [4.69, 9.17) is 9.47 Å². The van der Waals surface area contributed by atoms with Crippen molar-refractivity contribution < 1.29 is 28.4 Å². The summed E-state index contributed by atoms with van der Waals surface area (Å²) in [6.07, 6.45) is 0. The van der Waals surface area contributed by atoms with Gasteiger partial charge in [0, 0.05) is 17.1 Å². The zero-order valence-corrected chi connectivity index (χ0v) is 16.0. The van der Waals surface area contributed by atoms with Gasteiger partial charge < -0.3 is 14.8 Å². The molecule has 1 N–H and O–H groups in total. The second-order valence-electron chi connectivity index (χ2n) is 6.23. The summed E-state index contributed by atoms with van der Waals surface area (Å²) in [6.45, 7) is 0.998. The molecule has 0 atom stereocenters. The Bertz CT molecular complexity index is 1160. The van der Waals surface area contributed by atoms with Crippen LogP contribution in [0.1, 0.15) is 16.1 Å². The quantitative estimate of drug-likeness (QED) is 0.373. The van der Waals surface area contributed by atoms with Crippen molar-refractivity contribution in [3.05, 3.63) is 69.7 Å². The summed E-state index contributed by atoms with van der Waals surface area (Å²) in [5.74, 6) is -1.93. The number of aromatic nitrogens is 1. The van der Waals surface area contributed by atoms with E-state index in [9.17, 15) is 24.1 Å². The summed E-state index contributed by atoms with van der Waals surface area (Å²) in [4.78, 5) is 38.6. The smallest absolute Gasteiger partial charge is 0.340 e. The molecule has 0 unspecified atom stereocenters. The number of rotatable bonds is 6. The molecule has 2 aromatic carbocycles. The number of carbonyl (C=O) groups excluding carboxylic acids is 2. The molecular formula is C20H16FN3O6. The number of carbonyl (C=O) groups is 2. The molecule has 0 aliphatic heterocycles. The second kappa shape index (κ2) is 8.52. The van der Waals surface area contributed by atoms with Crippen LogP contribution in [0.2, 0.25) is 0 Å². The fourth-order valence-electron chi connectivity index (χ4n) is 2.72. The number of esters is 1. The Morgan fingerprint density at radius 3 is 2.67 bits per heavy atom. The molecule has 1 amide bonds. The lowest BCUT2D eigenvalue weighted by atomic mass is 10.1. The van der Waals surface area contributed by atoms with Crippen LogP contribution in [-0.2, 0) is 9.53 Å². The first kappa shape index (κ1) is 20.6. The lowest BCUT2D eigenvalue weighted by molar-refractivity contribution is -0.387. The van der Waals surface area contributed by atoms with Gasteiger partial charge in [-0.3, -0.25) is 19.9 Å². The Hall–Kier alpha value is -4.08. The monoisotopic (exact) mass is 413 g/mol. The van der Waals surface area contributed by atoms with E-state index in [1.165, 1.54) is 7.11 Å². The normalized spacial score (nSPS) is 10.5. The number of benzene rings is 2. The predicted octanol–water partition coefficient (Wildman–Crippen LogP) is 3.39. The maximum Gasteiger partial charge on any atom is 0.340 e. The number of ether oxygens (including phenoxy) is 2. The minimum absolute atomic E-state index is 0.000189. The van der Waals surface area contributed by atoms with Gasteiger partial charge in [-0.05, 0) is 43.3 Å². The molecule has 0 bridgehead atoms. The van der Waals surface area contributed by atoms with E-state index in [1.807, 2.05) is 0 Å². The molecule has 1 heterocycles. The summed E-state index contributed by atoms with van der Waals surface area (Å²) in [7, 11) is 1.52. The van der Waals surface area contributed by atoms with Gasteiger partial charge in [-0.1, -0.05) is 0 Å². The number of anilines is 1. The molecule has 0 spiro atoms. The molecule has 1 aromatic heterocycles. The Kier molecular flexibility index (Phi) is 5.86. The van der Waals surface area contributed by atoms with Gasteiger partial charge >= 0.3 is 11.7 Å². The van der Waals surface area contributed by atoms with E-state index in [2.05, 4.69) is 10.3 Å². The lowest BCUT2D eigenvalue weighted by Gasteiger charge is -2.09. The van der Waals surface area contributed by atoms with Crippen molar-refractivity contribution in [2.45, 2.75) is 6.92 Å². The average Bonchev–Trinajstić information content (AvgIpc) is 2.72. The Morgan fingerprint density at radius 2 is 1.97 bits per heavy atom. The van der Waals surface area contributed by atoms with Gasteiger partial charge in [-0.2, -0.15) is 4.39 Å². The summed E-state index contributed by atoms with van der Waals surface area (Å²) in [5.41, 5.74) is 0.492. The van der Waals surface area contributed by atoms with Gasteiger partial charge in [0.15, 0.2) is 6.61 Å². The minimum Gasteiger partial charge on any atom is -0.497 e. The van der Waals surface area contributed by atoms with Crippen molar-refractivity contribution >= 4 is 34.2 Å². The van der Waals surface area contributed by atoms with E-state index in [1.54, 1.807) is 31.2 Å². The molecular weight excluding hydrogens is 397 g/mol. The molecule has 9 nitrogen and oxygen atoms in total. The van der Waals surface area contributed by atoms with Crippen LogP contribution in [0, 0.1) is 22.9 Å². The molecule has 0 aliphatic rings. The number of hydrogen-bond donors (Lipinski definition) is 1. The van der Waals surface area contributed by atoms with E-state index in [0.29, 0.717) is 22.3 Å². The number of nitro groups is 1. The number of hydrogen-bond acceptors (Lipinski definition) is 7. The number of nitrogens with zero attached hydrogens (tertiary/aromatic N) is 2. The first-order valence-electron chi connectivity index (χ1n) is 8.65. The molecule has 0 saturated heterocycles. The number of nitrogens with one attached hydrogen (secondary N) is 1. The summed E-state index contributed by atoms with van der Waals surface area (Å²) < 4.78 is 23.5. The highest BCUT2D eigenvalue weighted by atomic mass is 19.1. The lowest BCUT2D eigenvalue weighted by Crippen LogP contribution is -2.21. The molecule has 0 aliphatic carbocycles. The number of amides is 1. The Morgan fingerprint density at radius 1 is 1.20 bits per heavy atom. The van der Waals surface area contributed by atoms with Gasteiger partial charge in [0.25, 0.3) is 5.91 Å². The van der Waals surface area contributed by atoms with Crippen LogP contribution in [0.4, 0.5) is 15.8 Å². The molecule has 0 saturated carbocycles. The largest absolute Gasteiger partial charge is 0.497 e. The molecule has 0 fully saturated rings. The summed E-state index contributed by atoms with van der Waals surface area (Å²) >= 11 is 0. The average molecular weight is 413 g/mol. The maximum atomic E-state index is 13.4. The number of methoxy groups -OCH3 is 1. The summed E-state index contributed by atoms with van der Waals surface area (Å²) in [6, 6.07) is 9.70. The van der Waals surface area contributed by atoms with Crippen LogP contribution in [0.5, 0.6) is 5.75 Å². The second-order valence-corrected chi connectivity index (χ2v) is 6.23. The molecule has 154 valence electrons. The van der Waals surface area contributed by atoms with Crippen LogP contribution < -0.4 is 10.1 Å². The highest BCUT2D eigenvalue weighted by molar-refractivity contribution is 5.98. The van der Waals surface area contributed by atoms with Crippen LogP contribution in [0.15, 0.2) is 42.5 Å². The van der Waals surface area contributed by atoms with Gasteiger partial charge in [-0.15, -0.1) is 0 Å². The third kappa shape index (κ3) is 4.49. The fraction of sp³-hybridized carbons (Fsp3) is 0.150. The molecule has 10 heteroatoms. The first-order chi connectivity index (χ1) is 14.3. The third-order valence-corrected chi connectivity index (χ3v) is 4.19. The first-order valence-corrected chi connectivity index (χ1v) is 8.65. The van der Waals surface area contributed by atoms with Gasteiger partial charge in [0.05, 0.1) is 28.8 Å². The van der Waals surface area contributed by atoms with Crippen molar-refractivity contribution in [1.82, 2.24) is 4.98 Å². The number of aryl methyl sites for hydroxylation is 1. The van der Waals surface area contributed by atoms with Crippen molar-refractivity contribution in [1.29, 1.82) is 0 Å². The van der Waals surface area contributed by atoms with Gasteiger partial charge in [0.1, 0.15) is 5.75 Å². The minimum atomic E-state index is -1.03. The zero-order valence-electron chi connectivity index (χ0n) is 16.0. The van der Waals surface area contributed by atoms with Crippen molar-refractivity contribution in [3.63, 3.8) is 0 Å². The molecule has 3 rings (SSSR count). The number of fused-ring (bicyclic) bond motifs is 1. The van der Waals surface area contributed by atoms with E-state index >= 15 is 0 Å². The maximum absolute atomic E-state index is 13.4. The zero-order chi connectivity index (χ0) is 21.8. The number of pyridine rings is 1. The van der Waals surface area contributed by atoms with E-state index < -0.39 is 34.9 Å². The van der Waals surface area contributed by atoms with Gasteiger partial charge in [-0.25, -0.2) is 4.79 Å². The van der Waals surface area contributed by atoms with Crippen LogP contribution >= 0.6 is 0 Å². The topological polar surface area (TPSA) is 121 Å². The van der Waals surface area contributed by atoms with Crippen molar-refractivity contribution in [2.24, 2.45) is 0 Å². The van der Waals surface area contributed by atoms with Crippen molar-refractivity contribution in [2.75, 3.05) is 19.0 Å². The molecule has 30 heavy (non-hydrogen) atoms. The van der Waals surface area contributed by atoms with Crippen LogP contribution in [0.3, 0.4) is 0 Å². The van der Waals surface area contributed by atoms with E-state index in [0.717, 1.165) is 18.2 Å². The summed E-state index contributed by atoms with van der Waals surface area (Å²) in [5, 5.41) is 13.7. The number of halogens is 1. The van der Waals surface area contributed by atoms with E-state index in [-0.39, 0.29) is 11.3 Å². The SMILES string of the molecule is COc1ccc2nc(C)c(C(=O)OCC(=O)Nc3ccc(F)c([N+](=O)[O-])c3)cc2c1. The predicted molar refractivity (Wildman–Crippen MR) is 105 cm³/mol. The van der Waals surface area contributed by atoms with Crippen LogP contribution in [0.25, 0.3) is 10.9 Å². The van der Waals surface area contributed by atoms with Gasteiger partial charge in [0.2, 0.25) is 5.82 Å². The van der Waals surface area contributed by atoms with Crippen molar-refractivity contribution in [3.8, 4) is 5.75 Å². The highest BCUT2D eigenvalue weighted by Gasteiger charge is 2.17. The molecule has 3 aromatic rings. The Labute approximate surface area is 169 Å². The number of nitro benzene ring substituents is 1. The van der Waals surface area contributed by atoms with Crippen LogP contribution in [-0.4, -0.2) is 35.5 Å².